The predicted molar refractivity (Wildman–Crippen MR) is 59.3 cm³/mol. The highest BCUT2D eigenvalue weighted by Crippen LogP contribution is 2.27. The van der Waals surface area contributed by atoms with E-state index in [2.05, 4.69) is 10.2 Å². The fraction of sp³-hybridized carbons (Fsp3) is 0.571. The van der Waals surface area contributed by atoms with E-state index in [4.69, 9.17) is 4.74 Å². The summed E-state index contributed by atoms with van der Waals surface area (Å²) in [7, 11) is 1.51. The van der Waals surface area contributed by atoms with Crippen molar-refractivity contribution in [3.63, 3.8) is 0 Å². The van der Waals surface area contributed by atoms with Crippen LogP contribution in [0.1, 0.15) is 0 Å². The summed E-state index contributed by atoms with van der Waals surface area (Å²) in [5.41, 5.74) is 0. The Kier molecular flexibility index (Phi) is 5.46. The van der Waals surface area contributed by atoms with Crippen molar-refractivity contribution in [2.75, 3.05) is 25.7 Å². The normalized spacial score (nSPS) is 10.4. The molecule has 78 valence electrons. The third kappa shape index (κ3) is 3.95. The average Bonchev–Trinajstić information content (AvgIpc) is 2.63. The first-order valence-corrected chi connectivity index (χ1v) is 6.80. The van der Waals surface area contributed by atoms with Gasteiger partial charge in [0.1, 0.15) is 6.61 Å². The summed E-state index contributed by atoms with van der Waals surface area (Å²) >= 11 is 4.47. The number of carbonyl (C=O) groups excluding carboxylic acids is 1. The summed E-state index contributed by atoms with van der Waals surface area (Å²) in [6.45, 7) is 0.168. The maximum atomic E-state index is 11.1. The van der Waals surface area contributed by atoms with Crippen LogP contribution < -0.4 is 0 Å². The van der Waals surface area contributed by atoms with Crippen molar-refractivity contribution in [1.82, 2.24) is 10.2 Å². The van der Waals surface area contributed by atoms with Crippen LogP contribution in [-0.2, 0) is 9.53 Å². The Labute approximate surface area is 94.8 Å². The minimum absolute atomic E-state index is 0.0680. The van der Waals surface area contributed by atoms with Crippen molar-refractivity contribution in [3.8, 4) is 0 Å². The number of ketones is 1. The monoisotopic (exact) mass is 250 g/mol. The Morgan fingerprint density at radius 3 is 2.79 bits per heavy atom. The predicted octanol–water partition coefficient (Wildman–Crippen LogP) is 1.57. The van der Waals surface area contributed by atoms with Crippen molar-refractivity contribution >= 4 is 40.6 Å². The third-order valence-electron chi connectivity index (χ3n) is 1.22. The summed E-state index contributed by atoms with van der Waals surface area (Å²) in [5, 5.41) is 7.86. The van der Waals surface area contributed by atoms with Gasteiger partial charge in [0.25, 0.3) is 0 Å². The van der Waals surface area contributed by atoms with Crippen molar-refractivity contribution < 1.29 is 9.53 Å². The van der Waals surface area contributed by atoms with E-state index in [-0.39, 0.29) is 12.4 Å². The average molecular weight is 250 g/mol. The van der Waals surface area contributed by atoms with Crippen LogP contribution in [-0.4, -0.2) is 41.7 Å². The van der Waals surface area contributed by atoms with Crippen LogP contribution in [0.4, 0.5) is 0 Å². The van der Waals surface area contributed by atoms with Crippen molar-refractivity contribution in [1.29, 1.82) is 0 Å². The molecule has 0 radical (unpaired) electrons. The van der Waals surface area contributed by atoms with E-state index in [9.17, 15) is 4.79 Å². The molecule has 4 nitrogen and oxygen atoms in total. The number of aromatic nitrogens is 2. The SMILES string of the molecule is COCC(=O)CSc1nnc(SC)s1. The van der Waals surface area contributed by atoms with Gasteiger partial charge in [-0.15, -0.1) is 10.2 Å². The van der Waals surface area contributed by atoms with E-state index in [0.29, 0.717) is 5.75 Å². The van der Waals surface area contributed by atoms with Crippen LogP contribution in [0.2, 0.25) is 0 Å². The number of carbonyl (C=O) groups is 1. The molecule has 14 heavy (non-hydrogen) atoms. The summed E-state index contributed by atoms with van der Waals surface area (Å²) in [6, 6.07) is 0. The molecule has 0 fully saturated rings. The molecule has 0 saturated heterocycles. The number of nitrogens with zero attached hydrogens (tertiary/aromatic N) is 2. The minimum atomic E-state index is 0.0680. The van der Waals surface area contributed by atoms with Gasteiger partial charge in [0, 0.05) is 7.11 Å². The fourth-order valence-corrected chi connectivity index (χ4v) is 2.96. The lowest BCUT2D eigenvalue weighted by molar-refractivity contribution is -0.120. The Morgan fingerprint density at radius 1 is 1.50 bits per heavy atom. The van der Waals surface area contributed by atoms with Gasteiger partial charge in [-0.2, -0.15) is 0 Å². The van der Waals surface area contributed by atoms with Crippen molar-refractivity contribution in [3.05, 3.63) is 0 Å². The molecule has 0 unspecified atom stereocenters. The maximum Gasteiger partial charge on any atom is 0.175 e. The van der Waals surface area contributed by atoms with Crippen molar-refractivity contribution in [2.45, 2.75) is 8.68 Å². The summed E-state index contributed by atoms with van der Waals surface area (Å²) < 4.78 is 6.47. The Bertz CT molecular complexity index is 303. The van der Waals surface area contributed by atoms with Gasteiger partial charge in [-0.3, -0.25) is 4.79 Å². The van der Waals surface area contributed by atoms with E-state index >= 15 is 0 Å². The third-order valence-corrected chi connectivity index (χ3v) is 4.32. The maximum absolute atomic E-state index is 11.1. The van der Waals surface area contributed by atoms with Gasteiger partial charge < -0.3 is 4.74 Å². The van der Waals surface area contributed by atoms with E-state index in [0.717, 1.165) is 8.68 Å². The van der Waals surface area contributed by atoms with Gasteiger partial charge in [-0.1, -0.05) is 34.9 Å². The van der Waals surface area contributed by atoms with Crippen LogP contribution in [0.25, 0.3) is 0 Å². The fourth-order valence-electron chi connectivity index (χ4n) is 0.683. The van der Waals surface area contributed by atoms with Crippen LogP contribution in [0.5, 0.6) is 0 Å². The Balaban J connectivity index is 2.34. The molecule has 0 amide bonds. The second-order valence-electron chi connectivity index (χ2n) is 2.30. The van der Waals surface area contributed by atoms with Gasteiger partial charge in [-0.05, 0) is 6.26 Å². The molecule has 1 rings (SSSR count). The molecule has 0 atom stereocenters. The molecule has 0 aliphatic heterocycles. The van der Waals surface area contributed by atoms with Gasteiger partial charge >= 0.3 is 0 Å². The van der Waals surface area contributed by atoms with E-state index in [1.54, 1.807) is 11.8 Å². The lowest BCUT2D eigenvalue weighted by Gasteiger charge is -1.95. The smallest absolute Gasteiger partial charge is 0.175 e. The van der Waals surface area contributed by atoms with Gasteiger partial charge in [0.2, 0.25) is 0 Å². The molecule has 0 bridgehead atoms. The van der Waals surface area contributed by atoms with Crippen LogP contribution in [0, 0.1) is 0 Å². The zero-order chi connectivity index (χ0) is 10.4. The lowest BCUT2D eigenvalue weighted by Crippen LogP contribution is -2.08. The largest absolute Gasteiger partial charge is 0.377 e. The minimum Gasteiger partial charge on any atom is -0.377 e. The molecule has 0 saturated carbocycles. The highest BCUT2D eigenvalue weighted by molar-refractivity contribution is 8.03. The zero-order valence-corrected chi connectivity index (χ0v) is 10.3. The molecular formula is C7H10N2O2S3. The first-order valence-electron chi connectivity index (χ1n) is 3.77. The van der Waals surface area contributed by atoms with Crippen molar-refractivity contribution in [2.24, 2.45) is 0 Å². The van der Waals surface area contributed by atoms with Crippen LogP contribution in [0.15, 0.2) is 8.68 Å². The second-order valence-corrected chi connectivity index (χ2v) is 5.55. The second kappa shape index (κ2) is 6.39. The topological polar surface area (TPSA) is 52.1 Å². The first-order chi connectivity index (χ1) is 6.76. The van der Waals surface area contributed by atoms with Crippen LogP contribution in [0.3, 0.4) is 0 Å². The number of rotatable bonds is 6. The molecule has 0 N–H and O–H groups in total. The summed E-state index contributed by atoms with van der Waals surface area (Å²) in [6.07, 6.45) is 1.95. The molecule has 1 heterocycles. The summed E-state index contributed by atoms with van der Waals surface area (Å²) in [4.78, 5) is 11.1. The summed E-state index contributed by atoms with van der Waals surface area (Å²) in [5.74, 6) is 0.468. The van der Waals surface area contributed by atoms with E-state index < -0.39 is 0 Å². The first kappa shape index (κ1) is 12.0. The zero-order valence-electron chi connectivity index (χ0n) is 7.85. The Morgan fingerprint density at radius 2 is 2.21 bits per heavy atom. The Hall–Kier alpha value is -0.110. The quantitative estimate of drug-likeness (QED) is 0.714. The van der Waals surface area contributed by atoms with Gasteiger partial charge in [0.15, 0.2) is 14.5 Å². The number of methoxy groups -OCH3 is 1. The molecule has 1 aromatic heterocycles. The number of hydrogen-bond acceptors (Lipinski definition) is 7. The number of ether oxygens (including phenoxy) is 1. The molecule has 7 heteroatoms. The molecular weight excluding hydrogens is 240 g/mol. The molecule has 1 aromatic rings. The highest BCUT2D eigenvalue weighted by Gasteiger charge is 2.07. The number of hydrogen-bond donors (Lipinski definition) is 0. The van der Waals surface area contributed by atoms with Crippen LogP contribution >= 0.6 is 34.9 Å². The molecule has 0 aromatic carbocycles. The lowest BCUT2D eigenvalue weighted by atomic mass is 10.5. The highest BCUT2D eigenvalue weighted by atomic mass is 32.2. The molecule has 0 aliphatic rings. The van der Waals surface area contributed by atoms with Gasteiger partial charge in [-0.25, -0.2) is 0 Å². The molecule has 0 aliphatic carbocycles. The van der Waals surface area contributed by atoms with Gasteiger partial charge in [0.05, 0.1) is 5.75 Å². The number of Topliss-reactive ketones (excluding diaryl/α,β-unsaturated/α-hetero) is 1. The van der Waals surface area contributed by atoms with E-state index in [1.807, 2.05) is 6.26 Å². The number of thioether (sulfide) groups is 2. The molecule has 0 spiro atoms. The van der Waals surface area contributed by atoms with E-state index in [1.165, 1.54) is 30.2 Å². The standard InChI is InChI=1S/C7H10N2O2S3/c1-11-3-5(10)4-13-7-9-8-6(12-2)14-7/h3-4H2,1-2H3.